The second-order valence-electron chi connectivity index (χ2n) is 9.11. The van der Waals surface area contributed by atoms with Gasteiger partial charge in [0.1, 0.15) is 24.3 Å². The Morgan fingerprint density at radius 1 is 1.03 bits per heavy atom. The van der Waals surface area contributed by atoms with Gasteiger partial charge in [-0.2, -0.15) is 0 Å². The fourth-order valence-corrected chi connectivity index (χ4v) is 3.72. The molecule has 2 N–H and O–H groups in total. The lowest BCUT2D eigenvalue weighted by atomic mass is 9.87. The molecule has 1 aliphatic heterocycles. The third-order valence-electron chi connectivity index (χ3n) is 5.62. The number of halogens is 1. The summed E-state index contributed by atoms with van der Waals surface area (Å²) in [6.45, 7) is 10.9. The highest BCUT2D eigenvalue weighted by atomic mass is 19.1. The van der Waals surface area contributed by atoms with Crippen LogP contribution in [-0.2, 0) is 10.2 Å². The minimum atomic E-state index is -0.624. The third-order valence-corrected chi connectivity index (χ3v) is 5.62. The van der Waals surface area contributed by atoms with Gasteiger partial charge in [-0.3, -0.25) is 4.90 Å². The van der Waals surface area contributed by atoms with Crippen molar-refractivity contribution in [2.24, 2.45) is 0 Å². The van der Waals surface area contributed by atoms with Crippen molar-refractivity contribution in [1.82, 2.24) is 10.2 Å². The molecular formula is C25H35FN2O3. The lowest BCUT2D eigenvalue weighted by Crippen LogP contribution is -2.44. The molecule has 0 spiro atoms. The monoisotopic (exact) mass is 430 g/mol. The molecule has 6 heteroatoms. The summed E-state index contributed by atoms with van der Waals surface area (Å²) in [6.07, 6.45) is -0.624. The Morgan fingerprint density at radius 2 is 1.68 bits per heavy atom. The van der Waals surface area contributed by atoms with Gasteiger partial charge in [-0.25, -0.2) is 4.39 Å². The van der Waals surface area contributed by atoms with Crippen molar-refractivity contribution in [3.63, 3.8) is 0 Å². The molecule has 5 nitrogen and oxygen atoms in total. The minimum absolute atomic E-state index is 0.0996. The highest BCUT2D eigenvalue weighted by Crippen LogP contribution is 2.24. The van der Waals surface area contributed by atoms with Crippen molar-refractivity contribution in [3.8, 4) is 5.75 Å². The molecule has 3 rings (SSSR count). The summed E-state index contributed by atoms with van der Waals surface area (Å²) in [5, 5.41) is 13.7. The van der Waals surface area contributed by atoms with Crippen LogP contribution in [0.25, 0.3) is 0 Å². The topological polar surface area (TPSA) is 54.0 Å². The normalized spacial score (nSPS) is 17.3. The highest BCUT2D eigenvalue weighted by molar-refractivity contribution is 5.31. The molecule has 0 unspecified atom stereocenters. The van der Waals surface area contributed by atoms with Crippen LogP contribution in [0.4, 0.5) is 4.39 Å². The van der Waals surface area contributed by atoms with E-state index < -0.39 is 6.10 Å². The van der Waals surface area contributed by atoms with Crippen molar-refractivity contribution >= 4 is 0 Å². The van der Waals surface area contributed by atoms with Gasteiger partial charge in [-0.05, 0) is 40.8 Å². The SMILES string of the molecule is CC(C)(C)c1ccc(OC[C@H](O)CNC[C@@H](c2ccc(F)cc2)N2CCOCC2)cc1. The van der Waals surface area contributed by atoms with Crippen molar-refractivity contribution in [2.75, 3.05) is 46.0 Å². The molecule has 0 amide bonds. The van der Waals surface area contributed by atoms with E-state index >= 15 is 0 Å². The smallest absolute Gasteiger partial charge is 0.123 e. The van der Waals surface area contributed by atoms with Gasteiger partial charge in [0.05, 0.1) is 13.2 Å². The molecule has 0 aliphatic carbocycles. The van der Waals surface area contributed by atoms with Crippen LogP contribution in [0, 0.1) is 5.82 Å². The number of nitrogens with zero attached hydrogens (tertiary/aromatic N) is 1. The van der Waals surface area contributed by atoms with Gasteiger partial charge in [-0.15, -0.1) is 0 Å². The second kappa shape index (κ2) is 11.0. The van der Waals surface area contributed by atoms with E-state index in [9.17, 15) is 9.50 Å². The Balaban J connectivity index is 1.48. The molecule has 1 heterocycles. The number of aliphatic hydroxyl groups is 1. The van der Waals surface area contributed by atoms with E-state index in [-0.39, 0.29) is 23.9 Å². The molecule has 1 fully saturated rings. The predicted octanol–water partition coefficient (Wildman–Crippen LogP) is 3.53. The molecule has 0 saturated carbocycles. The molecule has 2 atom stereocenters. The Kier molecular flexibility index (Phi) is 8.43. The first-order valence-electron chi connectivity index (χ1n) is 11.0. The summed E-state index contributed by atoms with van der Waals surface area (Å²) >= 11 is 0. The van der Waals surface area contributed by atoms with Gasteiger partial charge >= 0.3 is 0 Å². The summed E-state index contributed by atoms with van der Waals surface area (Å²) < 4.78 is 24.6. The van der Waals surface area contributed by atoms with Gasteiger partial charge in [0.25, 0.3) is 0 Å². The Bertz CT molecular complexity index is 784. The summed E-state index contributed by atoms with van der Waals surface area (Å²) in [5.74, 6) is 0.519. The van der Waals surface area contributed by atoms with E-state index in [0.717, 1.165) is 24.4 Å². The van der Waals surface area contributed by atoms with Crippen LogP contribution in [0.5, 0.6) is 5.75 Å². The first-order chi connectivity index (χ1) is 14.8. The fraction of sp³-hybridized carbons (Fsp3) is 0.520. The standard InChI is InChI=1S/C25H35FN2O3/c1-25(2,3)20-6-10-23(11-7-20)31-18-22(29)16-27-17-24(28-12-14-30-15-13-28)19-4-8-21(26)9-5-19/h4-11,22,24,27,29H,12-18H2,1-3H3/t22-,24+/m1/s1. The van der Waals surface area contributed by atoms with E-state index in [1.165, 1.54) is 17.7 Å². The third kappa shape index (κ3) is 7.28. The number of nitrogens with one attached hydrogen (secondary N) is 1. The highest BCUT2D eigenvalue weighted by Gasteiger charge is 2.23. The molecular weight excluding hydrogens is 395 g/mol. The first-order valence-corrected chi connectivity index (χ1v) is 11.0. The van der Waals surface area contributed by atoms with Crippen molar-refractivity contribution < 1.29 is 19.0 Å². The van der Waals surface area contributed by atoms with Gasteiger partial charge in [-0.1, -0.05) is 45.0 Å². The molecule has 0 radical (unpaired) electrons. The molecule has 31 heavy (non-hydrogen) atoms. The average molecular weight is 431 g/mol. The minimum Gasteiger partial charge on any atom is -0.491 e. The lowest BCUT2D eigenvalue weighted by Gasteiger charge is -2.35. The van der Waals surface area contributed by atoms with Crippen LogP contribution in [0.1, 0.15) is 37.9 Å². The van der Waals surface area contributed by atoms with Crippen LogP contribution >= 0.6 is 0 Å². The average Bonchev–Trinajstić information content (AvgIpc) is 2.76. The first kappa shape index (κ1) is 23.7. The zero-order valence-electron chi connectivity index (χ0n) is 18.8. The van der Waals surface area contributed by atoms with Gasteiger partial charge in [0.2, 0.25) is 0 Å². The molecule has 170 valence electrons. The summed E-state index contributed by atoms with van der Waals surface area (Å²) in [7, 11) is 0. The van der Waals surface area contributed by atoms with Crippen LogP contribution in [0.15, 0.2) is 48.5 Å². The zero-order valence-corrected chi connectivity index (χ0v) is 18.8. The number of hydrogen-bond donors (Lipinski definition) is 2. The number of aliphatic hydroxyl groups excluding tert-OH is 1. The molecule has 2 aromatic carbocycles. The molecule has 0 aromatic heterocycles. The zero-order chi connectivity index (χ0) is 22.3. The largest absolute Gasteiger partial charge is 0.491 e. The number of ether oxygens (including phenoxy) is 2. The Hall–Kier alpha value is -1.99. The summed E-state index contributed by atoms with van der Waals surface area (Å²) in [4.78, 5) is 2.34. The number of benzene rings is 2. The van der Waals surface area contributed by atoms with E-state index in [4.69, 9.17) is 9.47 Å². The van der Waals surface area contributed by atoms with Crippen LogP contribution in [0.2, 0.25) is 0 Å². The fourth-order valence-electron chi connectivity index (χ4n) is 3.72. The molecule has 1 aliphatic rings. The lowest BCUT2D eigenvalue weighted by molar-refractivity contribution is 0.0151. The number of morpholine rings is 1. The van der Waals surface area contributed by atoms with Crippen molar-refractivity contribution in [1.29, 1.82) is 0 Å². The maximum absolute atomic E-state index is 13.4. The quantitative estimate of drug-likeness (QED) is 0.638. The van der Waals surface area contributed by atoms with Gasteiger partial charge < -0.3 is 19.9 Å². The van der Waals surface area contributed by atoms with E-state index in [0.29, 0.717) is 26.3 Å². The van der Waals surface area contributed by atoms with E-state index in [2.05, 4.69) is 43.1 Å². The number of rotatable bonds is 9. The van der Waals surface area contributed by atoms with Crippen LogP contribution < -0.4 is 10.1 Å². The van der Waals surface area contributed by atoms with Gasteiger partial charge in [0.15, 0.2) is 0 Å². The van der Waals surface area contributed by atoms with Crippen molar-refractivity contribution in [3.05, 3.63) is 65.5 Å². The maximum atomic E-state index is 13.4. The van der Waals surface area contributed by atoms with E-state index in [1.807, 2.05) is 24.3 Å². The molecule has 1 saturated heterocycles. The maximum Gasteiger partial charge on any atom is 0.123 e. The summed E-state index contributed by atoms with van der Waals surface area (Å²) in [5.41, 5.74) is 2.40. The second-order valence-corrected chi connectivity index (χ2v) is 9.11. The van der Waals surface area contributed by atoms with Crippen LogP contribution in [0.3, 0.4) is 0 Å². The van der Waals surface area contributed by atoms with E-state index in [1.54, 1.807) is 0 Å². The van der Waals surface area contributed by atoms with Crippen LogP contribution in [-0.4, -0.2) is 62.1 Å². The molecule has 0 bridgehead atoms. The van der Waals surface area contributed by atoms with Gasteiger partial charge in [0, 0.05) is 32.2 Å². The number of hydrogen-bond acceptors (Lipinski definition) is 5. The molecule has 2 aromatic rings. The van der Waals surface area contributed by atoms with Crippen molar-refractivity contribution in [2.45, 2.75) is 38.3 Å². The summed E-state index contributed by atoms with van der Waals surface area (Å²) in [6, 6.07) is 14.8. The Labute approximate surface area is 185 Å². The predicted molar refractivity (Wildman–Crippen MR) is 121 cm³/mol. The Morgan fingerprint density at radius 3 is 2.29 bits per heavy atom.